The van der Waals surface area contributed by atoms with Crippen LogP contribution in [-0.2, 0) is 6.42 Å². The minimum absolute atomic E-state index is 0.0975. The Labute approximate surface area is 123 Å². The Morgan fingerprint density at radius 1 is 1.21 bits per heavy atom. The van der Waals surface area contributed by atoms with Crippen molar-refractivity contribution in [1.82, 2.24) is 5.32 Å². The summed E-state index contributed by atoms with van der Waals surface area (Å²) in [5.41, 5.74) is 2.46. The summed E-state index contributed by atoms with van der Waals surface area (Å²) >= 11 is 3.66. The van der Waals surface area contributed by atoms with Crippen LogP contribution in [0.3, 0.4) is 0 Å². The van der Waals surface area contributed by atoms with Gasteiger partial charge < -0.3 is 9.73 Å². The van der Waals surface area contributed by atoms with Crippen molar-refractivity contribution in [3.05, 3.63) is 57.5 Å². The Morgan fingerprint density at radius 3 is 2.58 bits per heavy atom. The van der Waals surface area contributed by atoms with Gasteiger partial charge in [0.25, 0.3) is 0 Å². The molecular formula is C16H20BrNO. The van der Waals surface area contributed by atoms with Gasteiger partial charge in [0.2, 0.25) is 0 Å². The molecular weight excluding hydrogens is 302 g/mol. The number of hydrogen-bond acceptors (Lipinski definition) is 2. The predicted molar refractivity (Wildman–Crippen MR) is 82.5 cm³/mol. The van der Waals surface area contributed by atoms with Crippen LogP contribution in [0.4, 0.5) is 0 Å². The Kier molecular flexibility index (Phi) is 4.83. The standard InChI is InChI=1S/C16H20BrNO/c1-4-12-7-9-15(19-12)16(18-5-2)13-8-6-11(3)10-14(13)17/h6-10,16,18H,4-5H2,1-3H3. The highest BCUT2D eigenvalue weighted by atomic mass is 79.9. The summed E-state index contributed by atoms with van der Waals surface area (Å²) in [6.07, 6.45) is 0.925. The van der Waals surface area contributed by atoms with Gasteiger partial charge in [0.15, 0.2) is 0 Å². The van der Waals surface area contributed by atoms with E-state index >= 15 is 0 Å². The van der Waals surface area contributed by atoms with Crippen molar-refractivity contribution < 1.29 is 4.42 Å². The summed E-state index contributed by atoms with van der Waals surface area (Å²) in [6, 6.07) is 10.7. The fraction of sp³-hybridized carbons (Fsp3) is 0.375. The molecule has 1 unspecified atom stereocenters. The first-order valence-electron chi connectivity index (χ1n) is 6.73. The number of halogens is 1. The molecule has 2 rings (SSSR count). The van der Waals surface area contributed by atoms with Gasteiger partial charge in [0.05, 0.1) is 6.04 Å². The van der Waals surface area contributed by atoms with Crippen LogP contribution < -0.4 is 5.32 Å². The van der Waals surface area contributed by atoms with Gasteiger partial charge in [-0.1, -0.05) is 41.9 Å². The minimum Gasteiger partial charge on any atom is -0.464 e. The number of hydrogen-bond donors (Lipinski definition) is 1. The quantitative estimate of drug-likeness (QED) is 0.869. The summed E-state index contributed by atoms with van der Waals surface area (Å²) in [4.78, 5) is 0. The maximum atomic E-state index is 5.90. The number of aryl methyl sites for hydroxylation is 2. The number of nitrogens with one attached hydrogen (secondary N) is 1. The van der Waals surface area contributed by atoms with Crippen molar-refractivity contribution in [3.63, 3.8) is 0 Å². The summed E-state index contributed by atoms with van der Waals surface area (Å²) in [6.45, 7) is 7.21. The van der Waals surface area contributed by atoms with E-state index in [-0.39, 0.29) is 6.04 Å². The van der Waals surface area contributed by atoms with Crippen molar-refractivity contribution in [3.8, 4) is 0 Å². The smallest absolute Gasteiger partial charge is 0.125 e. The zero-order valence-corrected chi connectivity index (χ0v) is 13.3. The first-order valence-corrected chi connectivity index (χ1v) is 7.53. The summed E-state index contributed by atoms with van der Waals surface area (Å²) in [5, 5.41) is 3.49. The molecule has 0 aliphatic rings. The van der Waals surface area contributed by atoms with Crippen LogP contribution in [0.2, 0.25) is 0 Å². The Morgan fingerprint density at radius 2 is 2.00 bits per heavy atom. The summed E-state index contributed by atoms with van der Waals surface area (Å²) in [7, 11) is 0. The maximum Gasteiger partial charge on any atom is 0.125 e. The monoisotopic (exact) mass is 321 g/mol. The van der Waals surface area contributed by atoms with Crippen LogP contribution in [0.15, 0.2) is 39.2 Å². The fourth-order valence-corrected chi connectivity index (χ4v) is 2.90. The van der Waals surface area contributed by atoms with Crippen LogP contribution in [0.25, 0.3) is 0 Å². The molecule has 1 atom stereocenters. The molecule has 1 N–H and O–H groups in total. The topological polar surface area (TPSA) is 25.2 Å². The van der Waals surface area contributed by atoms with Crippen LogP contribution in [0.1, 0.15) is 42.5 Å². The molecule has 3 heteroatoms. The van der Waals surface area contributed by atoms with Gasteiger partial charge in [-0.25, -0.2) is 0 Å². The lowest BCUT2D eigenvalue weighted by molar-refractivity contribution is 0.425. The number of furan rings is 1. The molecule has 0 fully saturated rings. The van der Waals surface area contributed by atoms with Crippen molar-refractivity contribution in [2.24, 2.45) is 0 Å². The van der Waals surface area contributed by atoms with E-state index in [9.17, 15) is 0 Å². The lowest BCUT2D eigenvalue weighted by Gasteiger charge is -2.18. The molecule has 0 spiro atoms. The molecule has 1 heterocycles. The average molecular weight is 322 g/mol. The van der Waals surface area contributed by atoms with E-state index in [0.29, 0.717) is 0 Å². The largest absolute Gasteiger partial charge is 0.464 e. The molecule has 19 heavy (non-hydrogen) atoms. The van der Waals surface area contributed by atoms with Crippen LogP contribution in [0, 0.1) is 6.92 Å². The Hall–Kier alpha value is -1.06. The summed E-state index contributed by atoms with van der Waals surface area (Å²) < 4.78 is 7.02. The molecule has 0 aliphatic heterocycles. The molecule has 0 radical (unpaired) electrons. The van der Waals surface area contributed by atoms with E-state index < -0.39 is 0 Å². The van der Waals surface area contributed by atoms with Gasteiger partial charge in [0, 0.05) is 10.9 Å². The first-order chi connectivity index (χ1) is 9.15. The highest BCUT2D eigenvalue weighted by Crippen LogP contribution is 2.30. The lowest BCUT2D eigenvalue weighted by atomic mass is 10.0. The van der Waals surface area contributed by atoms with Gasteiger partial charge >= 0.3 is 0 Å². The molecule has 2 aromatic rings. The summed E-state index contributed by atoms with van der Waals surface area (Å²) in [5.74, 6) is 2.00. The highest BCUT2D eigenvalue weighted by molar-refractivity contribution is 9.10. The van der Waals surface area contributed by atoms with Crippen molar-refractivity contribution in [1.29, 1.82) is 0 Å². The maximum absolute atomic E-state index is 5.90. The second kappa shape index (κ2) is 6.40. The van der Waals surface area contributed by atoms with Gasteiger partial charge in [-0.05, 0) is 42.8 Å². The minimum atomic E-state index is 0.0975. The molecule has 0 amide bonds. The zero-order chi connectivity index (χ0) is 13.8. The van der Waals surface area contributed by atoms with Crippen LogP contribution in [0.5, 0.6) is 0 Å². The number of rotatable bonds is 5. The molecule has 0 aliphatic carbocycles. The van der Waals surface area contributed by atoms with Gasteiger partial charge in [-0.2, -0.15) is 0 Å². The second-order valence-corrected chi connectivity index (χ2v) is 5.53. The van der Waals surface area contributed by atoms with E-state index in [2.05, 4.69) is 72.3 Å². The SMILES string of the molecule is CCNC(c1ccc(CC)o1)c1ccc(C)cc1Br. The lowest BCUT2D eigenvalue weighted by Crippen LogP contribution is -2.22. The third-order valence-electron chi connectivity index (χ3n) is 3.19. The van der Waals surface area contributed by atoms with Crippen molar-refractivity contribution in [2.75, 3.05) is 6.54 Å². The Balaban J connectivity index is 2.38. The molecule has 0 saturated carbocycles. The van der Waals surface area contributed by atoms with Gasteiger partial charge in [-0.15, -0.1) is 0 Å². The third kappa shape index (κ3) is 3.28. The molecule has 102 valence electrons. The third-order valence-corrected chi connectivity index (χ3v) is 3.88. The predicted octanol–water partition coefficient (Wildman–Crippen LogP) is 4.61. The number of benzene rings is 1. The average Bonchev–Trinajstić information content (AvgIpc) is 2.85. The normalized spacial score (nSPS) is 12.6. The van der Waals surface area contributed by atoms with Gasteiger partial charge in [0.1, 0.15) is 11.5 Å². The molecule has 1 aromatic carbocycles. The van der Waals surface area contributed by atoms with E-state index in [1.165, 1.54) is 11.1 Å². The van der Waals surface area contributed by atoms with Crippen molar-refractivity contribution >= 4 is 15.9 Å². The molecule has 2 nitrogen and oxygen atoms in total. The van der Waals surface area contributed by atoms with Gasteiger partial charge in [-0.3, -0.25) is 0 Å². The zero-order valence-electron chi connectivity index (χ0n) is 11.7. The molecule has 1 aromatic heterocycles. The van der Waals surface area contributed by atoms with E-state index in [1.54, 1.807) is 0 Å². The second-order valence-electron chi connectivity index (χ2n) is 4.67. The fourth-order valence-electron chi connectivity index (χ4n) is 2.17. The van der Waals surface area contributed by atoms with E-state index in [4.69, 9.17) is 4.42 Å². The molecule has 0 bridgehead atoms. The van der Waals surface area contributed by atoms with Crippen LogP contribution in [-0.4, -0.2) is 6.54 Å². The Bertz CT molecular complexity index is 547. The molecule has 0 saturated heterocycles. The van der Waals surface area contributed by atoms with Crippen LogP contribution >= 0.6 is 15.9 Å². The van der Waals surface area contributed by atoms with Crippen molar-refractivity contribution in [2.45, 2.75) is 33.2 Å². The highest BCUT2D eigenvalue weighted by Gasteiger charge is 2.19. The van der Waals surface area contributed by atoms with E-state index in [0.717, 1.165) is 29.0 Å². The van der Waals surface area contributed by atoms with E-state index in [1.807, 2.05) is 0 Å². The first kappa shape index (κ1) is 14.4.